The number of aryl methyl sites for hydroxylation is 1. The van der Waals surface area contributed by atoms with Crippen LogP contribution < -0.4 is 9.61 Å². The van der Waals surface area contributed by atoms with Gasteiger partial charge in [-0.1, -0.05) is 41.7 Å². The highest BCUT2D eigenvalue weighted by molar-refractivity contribution is 7.98. The molecule has 0 aliphatic heterocycles. The number of methoxy groups -OCH3 is 1. The summed E-state index contributed by atoms with van der Waals surface area (Å²) < 4.78 is 7.29. The highest BCUT2D eigenvalue weighted by Crippen LogP contribution is 2.29. The largest absolute Gasteiger partial charge is 0.496 e. The third kappa shape index (κ3) is 3.28. The Morgan fingerprint density at radius 1 is 1.21 bits per heavy atom. The van der Waals surface area contributed by atoms with Crippen LogP contribution in [-0.2, 0) is 6.54 Å². The van der Waals surface area contributed by atoms with Gasteiger partial charge >= 0.3 is 4.87 Å². The van der Waals surface area contributed by atoms with Crippen LogP contribution in [-0.4, -0.2) is 17.9 Å². The van der Waals surface area contributed by atoms with Crippen molar-refractivity contribution >= 4 is 23.1 Å². The van der Waals surface area contributed by atoms with Crippen molar-refractivity contribution in [3.8, 4) is 17.0 Å². The van der Waals surface area contributed by atoms with E-state index in [2.05, 4.69) is 25.1 Å². The van der Waals surface area contributed by atoms with Gasteiger partial charge in [-0.15, -0.1) is 11.8 Å². The first kappa shape index (κ1) is 16.9. The molecule has 1 aromatic heterocycles. The SMILES string of the molecule is COc1cc(Cn2c(-c3ccccc3C)csc2=O)ccc1SC. The first-order chi connectivity index (χ1) is 11.6. The predicted molar refractivity (Wildman–Crippen MR) is 103 cm³/mol. The van der Waals surface area contributed by atoms with Crippen LogP contribution in [0.5, 0.6) is 5.75 Å². The summed E-state index contributed by atoms with van der Waals surface area (Å²) in [5.74, 6) is 0.848. The molecule has 0 saturated carbocycles. The summed E-state index contributed by atoms with van der Waals surface area (Å²) in [6.07, 6.45) is 2.02. The van der Waals surface area contributed by atoms with Crippen LogP contribution >= 0.6 is 23.1 Å². The lowest BCUT2D eigenvalue weighted by molar-refractivity contribution is 0.404. The monoisotopic (exact) mass is 357 g/mol. The number of ether oxygens (including phenoxy) is 1. The van der Waals surface area contributed by atoms with Crippen LogP contribution in [0, 0.1) is 6.92 Å². The van der Waals surface area contributed by atoms with Crippen LogP contribution in [0.15, 0.2) is 57.5 Å². The summed E-state index contributed by atoms with van der Waals surface area (Å²) in [6, 6.07) is 14.3. The van der Waals surface area contributed by atoms with Crippen molar-refractivity contribution in [3.05, 3.63) is 68.6 Å². The number of rotatable bonds is 5. The summed E-state index contributed by atoms with van der Waals surface area (Å²) in [7, 11) is 1.67. The van der Waals surface area contributed by atoms with Gasteiger partial charge in [-0.25, -0.2) is 0 Å². The Morgan fingerprint density at radius 2 is 2.00 bits per heavy atom. The van der Waals surface area contributed by atoms with Gasteiger partial charge < -0.3 is 4.74 Å². The summed E-state index contributed by atoms with van der Waals surface area (Å²) >= 11 is 2.89. The molecule has 0 spiro atoms. The van der Waals surface area contributed by atoms with Gasteiger partial charge in [0.2, 0.25) is 0 Å². The predicted octanol–water partition coefficient (Wildman–Crippen LogP) is 4.66. The number of nitrogens with zero attached hydrogens (tertiary/aromatic N) is 1. The van der Waals surface area contributed by atoms with Gasteiger partial charge in [0.1, 0.15) is 5.75 Å². The molecular weight excluding hydrogens is 338 g/mol. The Hall–Kier alpha value is -1.98. The normalized spacial score (nSPS) is 10.8. The fraction of sp³-hybridized carbons (Fsp3) is 0.211. The van der Waals surface area contributed by atoms with Crippen LogP contribution in [0.4, 0.5) is 0 Å². The molecule has 0 aliphatic carbocycles. The smallest absolute Gasteiger partial charge is 0.307 e. The van der Waals surface area contributed by atoms with E-state index in [1.54, 1.807) is 18.9 Å². The summed E-state index contributed by atoms with van der Waals surface area (Å²) in [5.41, 5.74) is 4.29. The van der Waals surface area contributed by atoms with Crippen molar-refractivity contribution < 1.29 is 4.74 Å². The van der Waals surface area contributed by atoms with Crippen LogP contribution in [0.1, 0.15) is 11.1 Å². The Bertz CT molecular complexity index is 912. The quantitative estimate of drug-likeness (QED) is 0.622. The Balaban J connectivity index is 2.02. The molecule has 24 heavy (non-hydrogen) atoms. The maximum atomic E-state index is 12.4. The van der Waals surface area contributed by atoms with Crippen LogP contribution in [0.2, 0.25) is 0 Å². The molecule has 0 atom stereocenters. The van der Waals surface area contributed by atoms with E-state index >= 15 is 0 Å². The third-order valence-electron chi connectivity index (χ3n) is 3.99. The van der Waals surface area contributed by atoms with Crippen LogP contribution in [0.25, 0.3) is 11.3 Å². The van der Waals surface area contributed by atoms with E-state index in [4.69, 9.17) is 4.74 Å². The maximum Gasteiger partial charge on any atom is 0.307 e. The first-order valence-electron chi connectivity index (χ1n) is 7.59. The Kier molecular flexibility index (Phi) is 5.11. The van der Waals surface area contributed by atoms with E-state index in [-0.39, 0.29) is 4.87 Å². The standard InChI is InChI=1S/C19H19NO2S2/c1-13-6-4-5-7-15(13)16-12-24-19(21)20(16)11-14-8-9-18(23-3)17(10-14)22-2/h4-10,12H,11H2,1-3H3. The second kappa shape index (κ2) is 7.28. The zero-order valence-corrected chi connectivity index (χ0v) is 15.5. The van der Waals surface area contributed by atoms with Crippen molar-refractivity contribution in [1.29, 1.82) is 0 Å². The topological polar surface area (TPSA) is 31.2 Å². The lowest BCUT2D eigenvalue weighted by atomic mass is 10.1. The van der Waals surface area contributed by atoms with Crippen molar-refractivity contribution in [1.82, 2.24) is 4.57 Å². The van der Waals surface area contributed by atoms with Gasteiger partial charge in [-0.05, 0) is 36.4 Å². The van der Waals surface area contributed by atoms with Crippen molar-refractivity contribution in [2.75, 3.05) is 13.4 Å². The second-order valence-corrected chi connectivity index (χ2v) is 7.15. The number of benzene rings is 2. The second-order valence-electron chi connectivity index (χ2n) is 5.48. The van der Waals surface area contributed by atoms with Crippen molar-refractivity contribution in [2.45, 2.75) is 18.4 Å². The van der Waals surface area contributed by atoms with Gasteiger partial charge in [0, 0.05) is 15.8 Å². The van der Waals surface area contributed by atoms with Gasteiger partial charge in [0.15, 0.2) is 0 Å². The van der Waals surface area contributed by atoms with Crippen molar-refractivity contribution in [3.63, 3.8) is 0 Å². The number of aromatic nitrogens is 1. The summed E-state index contributed by atoms with van der Waals surface area (Å²) in [4.78, 5) is 13.5. The number of hydrogen-bond donors (Lipinski definition) is 0. The van der Waals surface area contributed by atoms with Crippen LogP contribution in [0.3, 0.4) is 0 Å². The number of thiazole rings is 1. The molecule has 0 unspecified atom stereocenters. The molecule has 5 heteroatoms. The fourth-order valence-corrected chi connectivity index (χ4v) is 4.02. The van der Waals surface area contributed by atoms with E-state index in [0.29, 0.717) is 6.54 Å². The molecule has 0 bridgehead atoms. The minimum atomic E-state index is 0.0566. The van der Waals surface area contributed by atoms with Gasteiger partial charge in [-0.2, -0.15) is 0 Å². The number of hydrogen-bond acceptors (Lipinski definition) is 4. The highest BCUT2D eigenvalue weighted by Gasteiger charge is 2.12. The Labute approximate surface area is 149 Å². The van der Waals surface area contributed by atoms with Gasteiger partial charge in [-0.3, -0.25) is 9.36 Å². The molecule has 1 heterocycles. The zero-order valence-electron chi connectivity index (χ0n) is 13.9. The summed E-state index contributed by atoms with van der Waals surface area (Å²) in [5, 5.41) is 1.94. The van der Waals surface area contributed by atoms with E-state index in [1.807, 2.05) is 40.5 Å². The zero-order chi connectivity index (χ0) is 17.1. The van der Waals surface area contributed by atoms with E-state index in [0.717, 1.165) is 27.5 Å². The van der Waals surface area contributed by atoms with Gasteiger partial charge in [0.05, 0.1) is 19.3 Å². The molecule has 0 radical (unpaired) electrons. The molecule has 0 N–H and O–H groups in total. The first-order valence-corrected chi connectivity index (χ1v) is 9.69. The fourth-order valence-electron chi connectivity index (χ4n) is 2.71. The molecule has 3 aromatic rings. The van der Waals surface area contributed by atoms with Crippen molar-refractivity contribution in [2.24, 2.45) is 0 Å². The average molecular weight is 358 g/mol. The molecule has 2 aromatic carbocycles. The highest BCUT2D eigenvalue weighted by atomic mass is 32.2. The lowest BCUT2D eigenvalue weighted by Gasteiger charge is -2.12. The van der Waals surface area contributed by atoms with E-state index in [1.165, 1.54) is 16.9 Å². The van der Waals surface area contributed by atoms with E-state index in [9.17, 15) is 4.79 Å². The minimum absolute atomic E-state index is 0.0566. The molecule has 0 fully saturated rings. The number of thioether (sulfide) groups is 1. The molecule has 0 aliphatic rings. The third-order valence-corrected chi connectivity index (χ3v) is 5.53. The average Bonchev–Trinajstić information content (AvgIpc) is 2.96. The Morgan fingerprint density at radius 3 is 2.71 bits per heavy atom. The molecule has 0 saturated heterocycles. The molecule has 0 amide bonds. The maximum absolute atomic E-state index is 12.4. The molecular formula is C19H19NO2S2. The minimum Gasteiger partial charge on any atom is -0.496 e. The lowest BCUT2D eigenvalue weighted by Crippen LogP contribution is -2.15. The molecule has 124 valence electrons. The summed E-state index contributed by atoms with van der Waals surface area (Å²) in [6.45, 7) is 2.61. The molecule has 3 rings (SSSR count). The van der Waals surface area contributed by atoms with E-state index < -0.39 is 0 Å². The van der Waals surface area contributed by atoms with Gasteiger partial charge in [0.25, 0.3) is 0 Å². The molecule has 3 nitrogen and oxygen atoms in total.